The van der Waals surface area contributed by atoms with Gasteiger partial charge in [-0.2, -0.15) is 0 Å². The van der Waals surface area contributed by atoms with Crippen molar-refractivity contribution in [3.05, 3.63) is 53.7 Å². The number of nitrogens with zero attached hydrogens (tertiary/aromatic N) is 4. The molecule has 1 aliphatic rings. The lowest BCUT2D eigenvalue weighted by atomic mass is 10.1. The first-order valence-electron chi connectivity index (χ1n) is 9.47. The second kappa shape index (κ2) is 9.30. The summed E-state index contributed by atoms with van der Waals surface area (Å²) < 4.78 is 13.9. The van der Waals surface area contributed by atoms with Crippen molar-refractivity contribution in [3.63, 3.8) is 0 Å². The predicted octanol–water partition coefficient (Wildman–Crippen LogP) is 2.30. The summed E-state index contributed by atoms with van der Waals surface area (Å²) >= 11 is 0. The van der Waals surface area contributed by atoms with E-state index in [0.29, 0.717) is 18.9 Å². The van der Waals surface area contributed by atoms with E-state index in [9.17, 15) is 4.39 Å². The van der Waals surface area contributed by atoms with Crippen LogP contribution in [0.5, 0.6) is 0 Å². The van der Waals surface area contributed by atoms with Crippen LogP contribution in [0, 0.1) is 12.7 Å². The molecular weight excluding hydrogens is 343 g/mol. The monoisotopic (exact) mass is 370 g/mol. The van der Waals surface area contributed by atoms with Gasteiger partial charge in [-0.3, -0.25) is 9.98 Å². The van der Waals surface area contributed by atoms with Crippen LogP contribution in [0.15, 0.2) is 41.8 Å². The zero-order valence-corrected chi connectivity index (χ0v) is 16.0. The molecule has 1 aliphatic heterocycles. The van der Waals surface area contributed by atoms with Gasteiger partial charge >= 0.3 is 0 Å². The topological polar surface area (TPSA) is 65.4 Å². The van der Waals surface area contributed by atoms with Crippen LogP contribution in [-0.4, -0.2) is 48.1 Å². The molecule has 27 heavy (non-hydrogen) atoms. The molecule has 3 heterocycles. The number of hydrogen-bond donors (Lipinski definition) is 2. The molecule has 2 aromatic rings. The van der Waals surface area contributed by atoms with Gasteiger partial charge in [0.05, 0.1) is 0 Å². The van der Waals surface area contributed by atoms with Crippen molar-refractivity contribution in [1.29, 1.82) is 0 Å². The van der Waals surface area contributed by atoms with Gasteiger partial charge in [0, 0.05) is 50.8 Å². The Morgan fingerprint density at radius 3 is 3.04 bits per heavy atom. The Labute approximate surface area is 159 Å². The summed E-state index contributed by atoms with van der Waals surface area (Å²) in [5, 5.41) is 6.77. The van der Waals surface area contributed by atoms with Crippen molar-refractivity contribution >= 4 is 11.8 Å². The molecule has 1 atom stereocenters. The molecule has 6 nitrogen and oxygen atoms in total. The van der Waals surface area contributed by atoms with Crippen LogP contribution < -0.4 is 15.5 Å². The molecule has 0 amide bonds. The highest BCUT2D eigenvalue weighted by Gasteiger charge is 2.25. The predicted molar refractivity (Wildman–Crippen MR) is 107 cm³/mol. The second-order valence-corrected chi connectivity index (χ2v) is 6.70. The average Bonchev–Trinajstić information content (AvgIpc) is 3.12. The number of aliphatic imine (C=N–C) groups is 1. The van der Waals surface area contributed by atoms with Crippen LogP contribution >= 0.6 is 0 Å². The van der Waals surface area contributed by atoms with E-state index < -0.39 is 0 Å². The quantitative estimate of drug-likeness (QED) is 0.603. The Morgan fingerprint density at radius 2 is 2.26 bits per heavy atom. The summed E-state index contributed by atoms with van der Waals surface area (Å²) in [6.07, 6.45) is 7.13. The molecule has 3 rings (SSSR count). The SMILES string of the molecule is CCNC(=NCCc1ccncc1C)NC1CCN(c2ncccc2F)C1. The highest BCUT2D eigenvalue weighted by Crippen LogP contribution is 2.20. The Kier molecular flexibility index (Phi) is 6.57. The smallest absolute Gasteiger partial charge is 0.191 e. The maximum atomic E-state index is 13.9. The minimum atomic E-state index is -0.272. The molecule has 144 valence electrons. The molecule has 1 saturated heterocycles. The zero-order chi connectivity index (χ0) is 19.1. The summed E-state index contributed by atoms with van der Waals surface area (Å²) in [6, 6.07) is 5.33. The number of aryl methyl sites for hydroxylation is 1. The van der Waals surface area contributed by atoms with Crippen molar-refractivity contribution in [3.8, 4) is 0 Å². The number of anilines is 1. The third kappa shape index (κ3) is 5.15. The maximum absolute atomic E-state index is 13.9. The molecule has 0 aliphatic carbocycles. The van der Waals surface area contributed by atoms with Gasteiger partial charge in [0.1, 0.15) is 0 Å². The van der Waals surface area contributed by atoms with Crippen molar-refractivity contribution < 1.29 is 4.39 Å². The minimum absolute atomic E-state index is 0.215. The highest BCUT2D eigenvalue weighted by molar-refractivity contribution is 5.80. The summed E-state index contributed by atoms with van der Waals surface area (Å²) in [7, 11) is 0. The van der Waals surface area contributed by atoms with Gasteiger partial charge in [-0.15, -0.1) is 0 Å². The molecule has 2 N–H and O–H groups in total. The summed E-state index contributed by atoms with van der Waals surface area (Å²) in [4.78, 5) is 15.0. The van der Waals surface area contributed by atoms with Crippen LogP contribution in [0.2, 0.25) is 0 Å². The largest absolute Gasteiger partial charge is 0.357 e. The molecule has 0 spiro atoms. The first-order valence-corrected chi connectivity index (χ1v) is 9.47. The summed E-state index contributed by atoms with van der Waals surface area (Å²) in [5.41, 5.74) is 2.46. The van der Waals surface area contributed by atoms with Crippen molar-refractivity contribution in [2.75, 3.05) is 31.1 Å². The lowest BCUT2D eigenvalue weighted by Gasteiger charge is -2.20. The van der Waals surface area contributed by atoms with Crippen molar-refractivity contribution in [1.82, 2.24) is 20.6 Å². The van der Waals surface area contributed by atoms with Crippen molar-refractivity contribution in [2.24, 2.45) is 4.99 Å². The Morgan fingerprint density at radius 1 is 1.37 bits per heavy atom. The number of pyridine rings is 2. The van der Waals surface area contributed by atoms with Crippen LogP contribution in [-0.2, 0) is 6.42 Å². The molecule has 7 heteroatoms. The lowest BCUT2D eigenvalue weighted by Crippen LogP contribution is -2.44. The fourth-order valence-corrected chi connectivity index (χ4v) is 3.26. The van der Waals surface area contributed by atoms with Crippen LogP contribution in [0.25, 0.3) is 0 Å². The Balaban J connectivity index is 1.56. The van der Waals surface area contributed by atoms with E-state index in [2.05, 4.69) is 34.4 Å². The molecule has 1 unspecified atom stereocenters. The van der Waals surface area contributed by atoms with Crippen LogP contribution in [0.3, 0.4) is 0 Å². The Bertz CT molecular complexity index is 779. The molecule has 2 aromatic heterocycles. The average molecular weight is 370 g/mol. The van der Waals surface area contributed by atoms with Gasteiger partial charge in [0.25, 0.3) is 0 Å². The fourth-order valence-electron chi connectivity index (χ4n) is 3.26. The van der Waals surface area contributed by atoms with E-state index in [4.69, 9.17) is 4.99 Å². The maximum Gasteiger partial charge on any atom is 0.191 e. The number of nitrogens with one attached hydrogen (secondary N) is 2. The first kappa shape index (κ1) is 19.1. The van der Waals surface area contributed by atoms with Crippen LogP contribution in [0.1, 0.15) is 24.5 Å². The first-order chi connectivity index (χ1) is 13.2. The zero-order valence-electron chi connectivity index (χ0n) is 16.0. The van der Waals surface area contributed by atoms with Crippen molar-refractivity contribution in [2.45, 2.75) is 32.7 Å². The van der Waals surface area contributed by atoms with E-state index >= 15 is 0 Å². The van der Waals surface area contributed by atoms with Gasteiger partial charge < -0.3 is 15.5 Å². The number of aromatic nitrogens is 2. The van der Waals surface area contributed by atoms with Gasteiger partial charge in [-0.25, -0.2) is 9.37 Å². The highest BCUT2D eigenvalue weighted by atomic mass is 19.1. The van der Waals surface area contributed by atoms with E-state index in [1.54, 1.807) is 12.3 Å². The summed E-state index contributed by atoms with van der Waals surface area (Å²) in [6.45, 7) is 7.10. The number of rotatable bonds is 6. The third-order valence-corrected chi connectivity index (χ3v) is 4.70. The molecular formula is C20H27FN6. The van der Waals surface area contributed by atoms with Gasteiger partial charge in [-0.05, 0) is 56.0 Å². The Hall–Kier alpha value is -2.70. The standard InChI is InChI=1S/C20H27FN6/c1-3-23-20(25-11-7-16-6-10-22-13-15(16)2)26-17-8-12-27(14-17)19-18(21)5-4-9-24-19/h4-6,9-10,13,17H,3,7-8,11-12,14H2,1-2H3,(H2,23,25,26). The van der Waals surface area contributed by atoms with E-state index in [1.165, 1.54) is 17.2 Å². The molecule has 0 saturated carbocycles. The van der Waals surface area contributed by atoms with Gasteiger partial charge in [0.2, 0.25) is 0 Å². The number of halogens is 1. The fraction of sp³-hybridized carbons (Fsp3) is 0.450. The van der Waals surface area contributed by atoms with E-state index in [-0.39, 0.29) is 11.9 Å². The lowest BCUT2D eigenvalue weighted by molar-refractivity contribution is 0.612. The second-order valence-electron chi connectivity index (χ2n) is 6.70. The van der Waals surface area contributed by atoms with E-state index in [0.717, 1.165) is 31.9 Å². The number of hydrogen-bond acceptors (Lipinski definition) is 4. The normalized spacial score (nSPS) is 17.2. The molecule has 1 fully saturated rings. The van der Waals surface area contributed by atoms with E-state index in [1.807, 2.05) is 23.4 Å². The molecule has 0 bridgehead atoms. The number of guanidine groups is 1. The third-order valence-electron chi connectivity index (χ3n) is 4.70. The van der Waals surface area contributed by atoms with Gasteiger partial charge in [0.15, 0.2) is 17.6 Å². The van der Waals surface area contributed by atoms with Crippen LogP contribution in [0.4, 0.5) is 10.2 Å². The molecule has 0 aromatic carbocycles. The van der Waals surface area contributed by atoms with Gasteiger partial charge in [-0.1, -0.05) is 0 Å². The minimum Gasteiger partial charge on any atom is -0.357 e. The molecule has 0 radical (unpaired) electrons. The summed E-state index contributed by atoms with van der Waals surface area (Å²) in [5.74, 6) is 0.959.